The van der Waals surface area contributed by atoms with Crippen molar-refractivity contribution in [1.29, 1.82) is 0 Å². The van der Waals surface area contributed by atoms with Gasteiger partial charge in [0.05, 0.1) is 16.9 Å². The molecule has 0 unspecified atom stereocenters. The van der Waals surface area contributed by atoms with Gasteiger partial charge in [-0.2, -0.15) is 4.31 Å². The lowest BCUT2D eigenvalue weighted by Gasteiger charge is -2.32. The lowest BCUT2D eigenvalue weighted by molar-refractivity contribution is -0.126. The van der Waals surface area contributed by atoms with Crippen molar-refractivity contribution in [2.75, 3.05) is 13.1 Å². The first kappa shape index (κ1) is 20.6. The lowest BCUT2D eigenvalue weighted by atomic mass is 9.97. The van der Waals surface area contributed by atoms with Gasteiger partial charge in [0.15, 0.2) is 0 Å². The molecule has 2 atom stereocenters. The quantitative estimate of drug-likeness (QED) is 0.834. The summed E-state index contributed by atoms with van der Waals surface area (Å²) in [4.78, 5) is 13.1. The Morgan fingerprint density at radius 1 is 1.11 bits per heavy atom. The van der Waals surface area contributed by atoms with Gasteiger partial charge in [-0.25, -0.2) is 8.42 Å². The van der Waals surface area contributed by atoms with E-state index in [1.54, 1.807) is 24.3 Å². The summed E-state index contributed by atoms with van der Waals surface area (Å²) in [5.41, 5.74) is 3.22. The van der Waals surface area contributed by atoms with Crippen LogP contribution in [0, 0.1) is 19.8 Å². The van der Waals surface area contributed by atoms with E-state index in [2.05, 4.69) is 5.32 Å². The number of rotatable bonds is 5. The molecule has 0 aromatic heterocycles. The zero-order valence-corrected chi connectivity index (χ0v) is 17.5. The van der Waals surface area contributed by atoms with Crippen LogP contribution >= 0.6 is 0 Å². The molecule has 1 aliphatic heterocycles. The second kappa shape index (κ2) is 8.45. The number of hydrogen-bond donors (Lipinski definition) is 1. The SMILES string of the molecule is Cc1ccc(S(=O)(=O)N2CCC[C@H](C(=O)N[C@H](C)c3ccccc3C)C2)cc1. The number of hydrogen-bond acceptors (Lipinski definition) is 3. The maximum absolute atomic E-state index is 12.9. The molecule has 0 spiro atoms. The molecule has 6 heteroatoms. The Labute approximate surface area is 167 Å². The molecule has 0 saturated carbocycles. The Balaban J connectivity index is 1.69. The molecule has 1 aliphatic rings. The molecule has 1 amide bonds. The molecule has 1 fully saturated rings. The monoisotopic (exact) mass is 400 g/mol. The second-order valence-corrected chi connectivity index (χ2v) is 9.54. The van der Waals surface area contributed by atoms with Crippen molar-refractivity contribution in [2.24, 2.45) is 5.92 Å². The van der Waals surface area contributed by atoms with Gasteiger partial charge >= 0.3 is 0 Å². The van der Waals surface area contributed by atoms with Gasteiger partial charge in [-0.05, 0) is 56.9 Å². The molecular formula is C22H28N2O3S. The molecule has 1 heterocycles. The molecule has 0 radical (unpaired) electrons. The van der Waals surface area contributed by atoms with Gasteiger partial charge in [0, 0.05) is 13.1 Å². The molecule has 28 heavy (non-hydrogen) atoms. The van der Waals surface area contributed by atoms with Crippen molar-refractivity contribution >= 4 is 15.9 Å². The third kappa shape index (κ3) is 4.45. The first-order chi connectivity index (χ1) is 13.3. The maximum Gasteiger partial charge on any atom is 0.243 e. The van der Waals surface area contributed by atoms with E-state index in [9.17, 15) is 13.2 Å². The van der Waals surface area contributed by atoms with Gasteiger partial charge in [-0.15, -0.1) is 0 Å². The van der Waals surface area contributed by atoms with E-state index in [0.717, 1.165) is 16.7 Å². The molecule has 0 bridgehead atoms. The maximum atomic E-state index is 12.9. The number of amides is 1. The smallest absolute Gasteiger partial charge is 0.243 e. The van der Waals surface area contributed by atoms with E-state index in [4.69, 9.17) is 0 Å². The highest BCUT2D eigenvalue weighted by molar-refractivity contribution is 7.89. The Bertz CT molecular complexity index is 939. The zero-order valence-electron chi connectivity index (χ0n) is 16.7. The van der Waals surface area contributed by atoms with Gasteiger partial charge < -0.3 is 5.32 Å². The third-order valence-corrected chi connectivity index (χ3v) is 7.31. The lowest BCUT2D eigenvalue weighted by Crippen LogP contribution is -2.45. The first-order valence-corrected chi connectivity index (χ1v) is 11.2. The summed E-state index contributed by atoms with van der Waals surface area (Å²) in [6.45, 7) is 6.58. The number of benzene rings is 2. The number of carbonyl (C=O) groups is 1. The van der Waals surface area contributed by atoms with Crippen LogP contribution in [-0.2, 0) is 14.8 Å². The van der Waals surface area contributed by atoms with Gasteiger partial charge in [0.25, 0.3) is 0 Å². The fourth-order valence-corrected chi connectivity index (χ4v) is 5.24. The van der Waals surface area contributed by atoms with Crippen LogP contribution in [0.5, 0.6) is 0 Å². The van der Waals surface area contributed by atoms with Crippen LogP contribution in [0.15, 0.2) is 53.4 Å². The van der Waals surface area contributed by atoms with Gasteiger partial charge in [-0.3, -0.25) is 4.79 Å². The predicted octanol–water partition coefficient (Wildman–Crippen LogP) is 3.58. The molecule has 1 saturated heterocycles. The molecule has 2 aromatic carbocycles. The molecule has 5 nitrogen and oxygen atoms in total. The van der Waals surface area contributed by atoms with Crippen LogP contribution in [0.3, 0.4) is 0 Å². The van der Waals surface area contributed by atoms with E-state index >= 15 is 0 Å². The van der Waals surface area contributed by atoms with Crippen LogP contribution in [-0.4, -0.2) is 31.7 Å². The second-order valence-electron chi connectivity index (χ2n) is 7.60. The predicted molar refractivity (Wildman–Crippen MR) is 110 cm³/mol. The zero-order chi connectivity index (χ0) is 20.3. The molecular weight excluding hydrogens is 372 g/mol. The Kier molecular flexibility index (Phi) is 6.20. The number of carbonyl (C=O) groups excluding carboxylic acids is 1. The van der Waals surface area contributed by atoms with Crippen LogP contribution in [0.1, 0.15) is 42.5 Å². The van der Waals surface area contributed by atoms with E-state index in [1.807, 2.05) is 45.0 Å². The average Bonchev–Trinajstić information content (AvgIpc) is 2.68. The van der Waals surface area contributed by atoms with Crippen molar-refractivity contribution in [3.05, 3.63) is 65.2 Å². The standard InChI is InChI=1S/C22H28N2O3S/c1-16-10-12-20(13-11-16)28(26,27)24-14-6-8-19(15-24)22(25)23-18(3)21-9-5-4-7-17(21)2/h4-5,7,9-13,18-19H,6,8,14-15H2,1-3H3,(H,23,25)/t18-,19+/m1/s1. The van der Waals surface area contributed by atoms with Crippen molar-refractivity contribution in [3.8, 4) is 0 Å². The highest BCUT2D eigenvalue weighted by Gasteiger charge is 2.33. The molecule has 0 aliphatic carbocycles. The van der Waals surface area contributed by atoms with Crippen molar-refractivity contribution in [3.63, 3.8) is 0 Å². The number of nitrogens with zero attached hydrogens (tertiary/aromatic N) is 1. The van der Waals surface area contributed by atoms with E-state index in [-0.39, 0.29) is 29.3 Å². The van der Waals surface area contributed by atoms with Crippen LogP contribution in [0.25, 0.3) is 0 Å². The minimum Gasteiger partial charge on any atom is -0.349 e. The highest BCUT2D eigenvalue weighted by Crippen LogP contribution is 2.25. The van der Waals surface area contributed by atoms with E-state index < -0.39 is 10.0 Å². The van der Waals surface area contributed by atoms with E-state index in [1.165, 1.54) is 4.31 Å². The topological polar surface area (TPSA) is 66.5 Å². The Morgan fingerprint density at radius 3 is 2.46 bits per heavy atom. The largest absolute Gasteiger partial charge is 0.349 e. The summed E-state index contributed by atoms with van der Waals surface area (Å²) < 4.78 is 27.3. The van der Waals surface area contributed by atoms with Crippen LogP contribution in [0.2, 0.25) is 0 Å². The Hall–Kier alpha value is -2.18. The number of piperidine rings is 1. The number of sulfonamides is 1. The van der Waals surface area contributed by atoms with Gasteiger partial charge in [0.2, 0.25) is 15.9 Å². The van der Waals surface area contributed by atoms with Crippen LogP contribution < -0.4 is 5.32 Å². The molecule has 2 aromatic rings. The first-order valence-electron chi connectivity index (χ1n) is 9.72. The summed E-state index contributed by atoms with van der Waals surface area (Å²) in [6, 6.07) is 14.7. The molecule has 1 N–H and O–H groups in total. The summed E-state index contributed by atoms with van der Waals surface area (Å²) >= 11 is 0. The molecule has 3 rings (SSSR count). The van der Waals surface area contributed by atoms with Gasteiger partial charge in [0.1, 0.15) is 0 Å². The summed E-state index contributed by atoms with van der Waals surface area (Å²) in [5.74, 6) is -0.417. The van der Waals surface area contributed by atoms with Gasteiger partial charge in [-0.1, -0.05) is 42.0 Å². The van der Waals surface area contributed by atoms with Crippen molar-refractivity contribution in [2.45, 2.75) is 44.6 Å². The number of aryl methyl sites for hydroxylation is 2. The third-order valence-electron chi connectivity index (χ3n) is 5.43. The Morgan fingerprint density at radius 2 is 1.79 bits per heavy atom. The van der Waals surface area contributed by atoms with Crippen molar-refractivity contribution < 1.29 is 13.2 Å². The minimum absolute atomic E-state index is 0.0837. The summed E-state index contributed by atoms with van der Waals surface area (Å²) in [5, 5.41) is 3.07. The fraction of sp³-hybridized carbons (Fsp3) is 0.409. The van der Waals surface area contributed by atoms with Crippen molar-refractivity contribution in [1.82, 2.24) is 9.62 Å². The fourth-order valence-electron chi connectivity index (χ4n) is 3.72. The number of nitrogens with one attached hydrogen (secondary N) is 1. The molecule has 150 valence electrons. The minimum atomic E-state index is -3.58. The normalized spacial score (nSPS) is 19.2. The summed E-state index contributed by atoms with van der Waals surface area (Å²) in [7, 11) is -3.58. The highest BCUT2D eigenvalue weighted by atomic mass is 32.2. The van der Waals surface area contributed by atoms with Crippen LogP contribution in [0.4, 0.5) is 0 Å². The average molecular weight is 401 g/mol. The summed E-state index contributed by atoms with van der Waals surface area (Å²) in [6.07, 6.45) is 1.38. The van der Waals surface area contributed by atoms with E-state index in [0.29, 0.717) is 19.4 Å².